The largest absolute Gasteiger partial charge is 0.348 e. The average Bonchev–Trinajstić information content (AvgIpc) is 2.98. The van der Waals surface area contributed by atoms with E-state index in [9.17, 15) is 4.79 Å². The lowest BCUT2D eigenvalue weighted by Crippen LogP contribution is -2.51. The summed E-state index contributed by atoms with van der Waals surface area (Å²) in [7, 11) is 0. The van der Waals surface area contributed by atoms with Crippen molar-refractivity contribution in [3.05, 3.63) is 35.4 Å². The molecule has 1 saturated heterocycles. The van der Waals surface area contributed by atoms with Gasteiger partial charge < -0.3 is 10.6 Å². The summed E-state index contributed by atoms with van der Waals surface area (Å²) in [5.41, 5.74) is 2.32. The van der Waals surface area contributed by atoms with Crippen LogP contribution in [-0.2, 0) is 11.2 Å². The van der Waals surface area contributed by atoms with Gasteiger partial charge >= 0.3 is 0 Å². The summed E-state index contributed by atoms with van der Waals surface area (Å²) in [5, 5.41) is 6.53. The monoisotopic (exact) mass is 244 g/mol. The number of hydrogen-bond donors (Lipinski definition) is 2. The molecule has 0 saturated carbocycles. The minimum atomic E-state index is -0.364. The molecule has 2 atom stereocenters. The van der Waals surface area contributed by atoms with E-state index in [2.05, 4.69) is 34.9 Å². The van der Waals surface area contributed by atoms with Crippen LogP contribution in [0.1, 0.15) is 43.4 Å². The Balaban J connectivity index is 1.73. The SMILES string of the molecule is CC1(C(=O)NC2CCc3ccccc32)CCCN1. The predicted molar refractivity (Wildman–Crippen MR) is 71.3 cm³/mol. The van der Waals surface area contributed by atoms with E-state index in [0.29, 0.717) is 0 Å². The van der Waals surface area contributed by atoms with E-state index in [0.717, 1.165) is 32.2 Å². The van der Waals surface area contributed by atoms with Crippen LogP contribution in [0, 0.1) is 0 Å². The van der Waals surface area contributed by atoms with Crippen LogP contribution in [0.25, 0.3) is 0 Å². The average molecular weight is 244 g/mol. The van der Waals surface area contributed by atoms with Gasteiger partial charge in [-0.05, 0) is 50.3 Å². The second-order valence-corrected chi connectivity index (χ2v) is 5.63. The molecule has 1 heterocycles. The Labute approximate surface area is 108 Å². The number of nitrogens with one attached hydrogen (secondary N) is 2. The summed E-state index contributed by atoms with van der Waals surface area (Å²) in [6.07, 6.45) is 4.13. The molecule has 0 aromatic heterocycles. The number of rotatable bonds is 2. The van der Waals surface area contributed by atoms with Gasteiger partial charge in [0.25, 0.3) is 0 Å². The molecule has 0 spiro atoms. The molecule has 1 aromatic rings. The highest BCUT2D eigenvalue weighted by Crippen LogP contribution is 2.31. The summed E-state index contributed by atoms with van der Waals surface area (Å²) >= 11 is 0. The van der Waals surface area contributed by atoms with Gasteiger partial charge in [0.05, 0.1) is 11.6 Å². The Kier molecular flexibility index (Phi) is 2.86. The zero-order valence-electron chi connectivity index (χ0n) is 10.8. The molecular formula is C15H20N2O. The van der Waals surface area contributed by atoms with Gasteiger partial charge in [-0.25, -0.2) is 0 Å². The highest BCUT2D eigenvalue weighted by Gasteiger charge is 2.37. The number of carbonyl (C=O) groups excluding carboxylic acids is 1. The summed E-state index contributed by atoms with van der Waals surface area (Å²) in [5.74, 6) is 0.154. The maximum atomic E-state index is 12.4. The van der Waals surface area contributed by atoms with Crippen LogP contribution in [0.15, 0.2) is 24.3 Å². The van der Waals surface area contributed by atoms with Gasteiger partial charge in [-0.1, -0.05) is 24.3 Å². The van der Waals surface area contributed by atoms with Gasteiger partial charge in [-0.2, -0.15) is 0 Å². The maximum absolute atomic E-state index is 12.4. The molecule has 3 rings (SSSR count). The van der Waals surface area contributed by atoms with E-state index >= 15 is 0 Å². The quantitative estimate of drug-likeness (QED) is 0.834. The van der Waals surface area contributed by atoms with E-state index in [1.807, 2.05) is 6.92 Å². The number of amides is 1. The molecule has 1 aliphatic carbocycles. The van der Waals surface area contributed by atoms with E-state index in [1.165, 1.54) is 11.1 Å². The first-order valence-electron chi connectivity index (χ1n) is 6.83. The van der Waals surface area contributed by atoms with Crippen molar-refractivity contribution >= 4 is 5.91 Å². The van der Waals surface area contributed by atoms with Crippen LogP contribution in [0.5, 0.6) is 0 Å². The highest BCUT2D eigenvalue weighted by atomic mass is 16.2. The smallest absolute Gasteiger partial charge is 0.240 e. The number of benzene rings is 1. The van der Waals surface area contributed by atoms with Crippen LogP contribution in [0.2, 0.25) is 0 Å². The van der Waals surface area contributed by atoms with E-state index < -0.39 is 0 Å². The van der Waals surface area contributed by atoms with Gasteiger partial charge in [0, 0.05) is 0 Å². The molecule has 3 heteroatoms. The second-order valence-electron chi connectivity index (χ2n) is 5.63. The fourth-order valence-electron chi connectivity index (χ4n) is 3.11. The fourth-order valence-corrected chi connectivity index (χ4v) is 3.11. The first-order valence-corrected chi connectivity index (χ1v) is 6.83. The number of carbonyl (C=O) groups is 1. The molecule has 3 nitrogen and oxygen atoms in total. The Morgan fingerprint density at radius 3 is 3.06 bits per heavy atom. The van der Waals surface area contributed by atoms with Crippen LogP contribution in [0.3, 0.4) is 0 Å². The maximum Gasteiger partial charge on any atom is 0.240 e. The van der Waals surface area contributed by atoms with Crippen molar-refractivity contribution in [3.63, 3.8) is 0 Å². The van der Waals surface area contributed by atoms with Gasteiger partial charge in [0.2, 0.25) is 5.91 Å². The molecule has 0 bridgehead atoms. The predicted octanol–water partition coefficient (Wildman–Crippen LogP) is 1.93. The first-order chi connectivity index (χ1) is 8.69. The minimum Gasteiger partial charge on any atom is -0.348 e. The molecule has 1 amide bonds. The summed E-state index contributed by atoms with van der Waals surface area (Å²) in [6, 6.07) is 8.63. The number of hydrogen-bond acceptors (Lipinski definition) is 2. The van der Waals surface area contributed by atoms with Crippen molar-refractivity contribution in [2.75, 3.05) is 6.54 Å². The van der Waals surface area contributed by atoms with Crippen molar-refractivity contribution in [2.24, 2.45) is 0 Å². The normalized spacial score (nSPS) is 30.2. The third-order valence-corrected chi connectivity index (χ3v) is 4.31. The van der Waals surface area contributed by atoms with Crippen molar-refractivity contribution in [3.8, 4) is 0 Å². The molecule has 96 valence electrons. The summed E-state index contributed by atoms with van der Waals surface area (Å²) in [4.78, 5) is 12.4. The van der Waals surface area contributed by atoms with E-state index in [4.69, 9.17) is 0 Å². The molecule has 2 unspecified atom stereocenters. The van der Waals surface area contributed by atoms with Gasteiger partial charge in [0.1, 0.15) is 0 Å². The topological polar surface area (TPSA) is 41.1 Å². The van der Waals surface area contributed by atoms with E-state index in [-0.39, 0.29) is 17.5 Å². The second kappa shape index (κ2) is 4.39. The van der Waals surface area contributed by atoms with Crippen molar-refractivity contribution < 1.29 is 4.79 Å². The fraction of sp³-hybridized carbons (Fsp3) is 0.533. The van der Waals surface area contributed by atoms with Gasteiger partial charge in [-0.15, -0.1) is 0 Å². The van der Waals surface area contributed by atoms with Crippen LogP contribution in [0.4, 0.5) is 0 Å². The molecule has 0 radical (unpaired) electrons. The summed E-state index contributed by atoms with van der Waals surface area (Å²) in [6.45, 7) is 2.96. The van der Waals surface area contributed by atoms with Gasteiger partial charge in [0.15, 0.2) is 0 Å². The standard InChI is InChI=1S/C15H20N2O/c1-15(9-4-10-16-15)14(18)17-13-8-7-11-5-2-3-6-12(11)13/h2-3,5-6,13,16H,4,7-10H2,1H3,(H,17,18). The minimum absolute atomic E-state index is 0.154. The zero-order valence-corrected chi connectivity index (χ0v) is 10.8. The molecule has 18 heavy (non-hydrogen) atoms. The molecule has 1 aromatic carbocycles. The lowest BCUT2D eigenvalue weighted by Gasteiger charge is -2.26. The molecule has 1 fully saturated rings. The Morgan fingerprint density at radius 2 is 2.28 bits per heavy atom. The molecule has 2 aliphatic rings. The molecular weight excluding hydrogens is 224 g/mol. The first kappa shape index (κ1) is 11.7. The van der Waals surface area contributed by atoms with E-state index in [1.54, 1.807) is 0 Å². The van der Waals surface area contributed by atoms with Crippen LogP contribution >= 0.6 is 0 Å². The van der Waals surface area contributed by atoms with Crippen molar-refractivity contribution in [1.29, 1.82) is 0 Å². The third kappa shape index (κ3) is 1.93. The van der Waals surface area contributed by atoms with Crippen LogP contribution in [-0.4, -0.2) is 18.0 Å². The molecule has 1 aliphatic heterocycles. The number of fused-ring (bicyclic) bond motifs is 1. The highest BCUT2D eigenvalue weighted by molar-refractivity contribution is 5.86. The van der Waals surface area contributed by atoms with Crippen molar-refractivity contribution in [1.82, 2.24) is 10.6 Å². The zero-order chi connectivity index (χ0) is 12.6. The third-order valence-electron chi connectivity index (χ3n) is 4.31. The Hall–Kier alpha value is -1.35. The lowest BCUT2D eigenvalue weighted by atomic mass is 9.98. The summed E-state index contributed by atoms with van der Waals surface area (Å²) < 4.78 is 0. The lowest BCUT2D eigenvalue weighted by molar-refractivity contribution is -0.127. The van der Waals surface area contributed by atoms with Crippen LogP contribution < -0.4 is 10.6 Å². The number of aryl methyl sites for hydroxylation is 1. The van der Waals surface area contributed by atoms with Crippen molar-refractivity contribution in [2.45, 2.75) is 44.2 Å². The Morgan fingerprint density at radius 1 is 1.44 bits per heavy atom. The Bertz CT molecular complexity index is 463. The van der Waals surface area contributed by atoms with Gasteiger partial charge in [-0.3, -0.25) is 4.79 Å². The molecule has 2 N–H and O–H groups in total.